The van der Waals surface area contributed by atoms with Gasteiger partial charge in [-0.15, -0.1) is 0 Å². The third-order valence-corrected chi connectivity index (χ3v) is 8.94. The first-order valence-corrected chi connectivity index (χ1v) is 14.5. The summed E-state index contributed by atoms with van der Waals surface area (Å²) in [7, 11) is 0. The normalized spacial score (nSPS) is 11.6. The molecule has 0 fully saturated rings. The van der Waals surface area contributed by atoms with Gasteiger partial charge in [-0.1, -0.05) is 97.1 Å². The highest BCUT2D eigenvalue weighted by Crippen LogP contribution is 2.43. The lowest BCUT2D eigenvalue weighted by Crippen LogP contribution is -2.04. The number of nitriles is 1. The molecule has 0 amide bonds. The number of aromatic nitrogens is 2. The van der Waals surface area contributed by atoms with Gasteiger partial charge in [-0.05, 0) is 57.9 Å². The minimum absolute atomic E-state index is 0.337. The van der Waals surface area contributed by atoms with Gasteiger partial charge in [0.25, 0.3) is 0 Å². The zero-order valence-electron chi connectivity index (χ0n) is 23.5. The molecule has 0 bridgehead atoms. The fourth-order valence-electron chi connectivity index (χ4n) is 7.10. The van der Waals surface area contributed by atoms with Crippen molar-refractivity contribution in [3.8, 4) is 17.4 Å². The molecule has 0 N–H and O–H groups in total. The smallest absolute Gasteiger partial charge is 0.206 e. The summed E-state index contributed by atoms with van der Waals surface area (Å²) in [5.74, 6) is 0. The summed E-state index contributed by atoms with van der Waals surface area (Å²) in [4.78, 5) is 3.81. The highest BCUT2D eigenvalue weighted by molar-refractivity contribution is 6.23. The molecule has 0 unspecified atom stereocenters. The van der Waals surface area contributed by atoms with Crippen molar-refractivity contribution in [3.05, 3.63) is 150 Å². The molecule has 0 atom stereocenters. The maximum atomic E-state index is 10.2. The Morgan fingerprint density at radius 3 is 1.45 bits per heavy atom. The van der Waals surface area contributed by atoms with Crippen molar-refractivity contribution in [2.45, 2.75) is 0 Å². The molecule has 0 spiro atoms. The van der Waals surface area contributed by atoms with Crippen LogP contribution in [0.2, 0.25) is 0 Å². The predicted octanol–water partition coefficient (Wildman–Crippen LogP) is 10.6. The zero-order chi connectivity index (χ0) is 29.4. The molecule has 0 aliphatic heterocycles. The Morgan fingerprint density at radius 2 is 0.955 bits per heavy atom. The summed E-state index contributed by atoms with van der Waals surface area (Å²) >= 11 is 0. The Kier molecular flexibility index (Phi) is 5.00. The van der Waals surface area contributed by atoms with E-state index in [4.69, 9.17) is 6.57 Å². The van der Waals surface area contributed by atoms with Crippen LogP contribution >= 0.6 is 0 Å². The van der Waals surface area contributed by atoms with E-state index in [0.717, 1.165) is 44.2 Å². The average molecular weight is 559 g/mol. The second kappa shape index (κ2) is 9.07. The minimum atomic E-state index is 0.337. The molecule has 0 radical (unpaired) electrons. The van der Waals surface area contributed by atoms with Gasteiger partial charge in [-0.2, -0.15) is 5.26 Å². The number of nitrogens with zero attached hydrogens (tertiary/aromatic N) is 4. The summed E-state index contributed by atoms with van der Waals surface area (Å²) in [6.45, 7) is 8.00. The van der Waals surface area contributed by atoms with Crippen LogP contribution < -0.4 is 0 Å². The molecule has 0 saturated heterocycles. The Hall–Kier alpha value is -6.36. The number of rotatable bonds is 2. The topological polar surface area (TPSA) is 38.0 Å². The van der Waals surface area contributed by atoms with Crippen LogP contribution in [-0.4, -0.2) is 9.13 Å². The summed E-state index contributed by atoms with van der Waals surface area (Å²) in [6.07, 6.45) is 0. The number of hydrogen-bond donors (Lipinski definition) is 0. The fraction of sp³-hybridized carbons (Fsp3) is 0. The predicted molar refractivity (Wildman–Crippen MR) is 181 cm³/mol. The molecule has 9 rings (SSSR count). The van der Waals surface area contributed by atoms with E-state index in [1.165, 1.54) is 32.3 Å². The highest BCUT2D eigenvalue weighted by Gasteiger charge is 2.22. The lowest BCUT2D eigenvalue weighted by molar-refractivity contribution is 1.09. The van der Waals surface area contributed by atoms with Gasteiger partial charge < -0.3 is 9.13 Å². The monoisotopic (exact) mass is 558 g/mol. The van der Waals surface area contributed by atoms with E-state index in [2.05, 4.69) is 141 Å². The largest absolute Gasteiger partial charge is 0.308 e. The van der Waals surface area contributed by atoms with Gasteiger partial charge in [0.15, 0.2) is 0 Å². The van der Waals surface area contributed by atoms with Gasteiger partial charge in [0.2, 0.25) is 5.69 Å². The lowest BCUT2D eigenvalue weighted by Gasteiger charge is -2.18. The van der Waals surface area contributed by atoms with Crippen LogP contribution in [0.4, 0.5) is 5.69 Å². The maximum Gasteiger partial charge on any atom is 0.206 e. The van der Waals surface area contributed by atoms with Crippen LogP contribution in [0.25, 0.3) is 81.4 Å². The first-order valence-electron chi connectivity index (χ1n) is 14.5. The quantitative estimate of drug-likeness (QED) is 0.195. The third kappa shape index (κ3) is 3.20. The zero-order valence-corrected chi connectivity index (χ0v) is 23.5. The van der Waals surface area contributed by atoms with E-state index >= 15 is 0 Å². The number of benzene rings is 7. The van der Waals surface area contributed by atoms with Crippen LogP contribution in [0.3, 0.4) is 0 Å². The number of para-hydroxylation sites is 2. The maximum absolute atomic E-state index is 10.2. The molecule has 4 heteroatoms. The summed E-state index contributed by atoms with van der Waals surface area (Å²) in [6, 6.07) is 48.6. The summed E-state index contributed by atoms with van der Waals surface area (Å²) < 4.78 is 4.53. The molecular formula is C40H22N4. The van der Waals surface area contributed by atoms with Gasteiger partial charge >= 0.3 is 0 Å². The first-order chi connectivity index (χ1) is 21.8. The lowest BCUT2D eigenvalue weighted by atomic mass is 10.0. The Balaban J connectivity index is 1.51. The van der Waals surface area contributed by atoms with Gasteiger partial charge in [0, 0.05) is 21.5 Å². The Morgan fingerprint density at radius 1 is 0.500 bits per heavy atom. The van der Waals surface area contributed by atoms with E-state index < -0.39 is 0 Å². The van der Waals surface area contributed by atoms with Crippen LogP contribution in [-0.2, 0) is 0 Å². The Labute approximate surface area is 252 Å². The van der Waals surface area contributed by atoms with Gasteiger partial charge in [0.05, 0.1) is 51.6 Å². The van der Waals surface area contributed by atoms with E-state index in [1.807, 2.05) is 12.1 Å². The number of hydrogen-bond acceptors (Lipinski definition) is 1. The Bertz CT molecular complexity index is 2550. The highest BCUT2D eigenvalue weighted by atomic mass is 15.1. The van der Waals surface area contributed by atoms with Gasteiger partial charge in [-0.3, -0.25) is 0 Å². The van der Waals surface area contributed by atoms with E-state index in [0.29, 0.717) is 11.3 Å². The van der Waals surface area contributed by atoms with Crippen molar-refractivity contribution in [1.29, 1.82) is 5.26 Å². The van der Waals surface area contributed by atoms with Crippen molar-refractivity contribution in [2.24, 2.45) is 0 Å². The molecule has 202 valence electrons. The first kappa shape index (κ1) is 24.3. The molecule has 9 aromatic rings. The van der Waals surface area contributed by atoms with E-state index in [1.54, 1.807) is 0 Å². The van der Waals surface area contributed by atoms with Crippen molar-refractivity contribution >= 4 is 70.8 Å². The van der Waals surface area contributed by atoms with Gasteiger partial charge in [-0.25, -0.2) is 4.85 Å². The molecule has 0 aliphatic rings. The molecule has 0 aliphatic carbocycles. The van der Waals surface area contributed by atoms with E-state index in [-0.39, 0.29) is 0 Å². The third-order valence-electron chi connectivity index (χ3n) is 8.94. The molecule has 0 saturated carbocycles. The molecule has 2 aromatic heterocycles. The van der Waals surface area contributed by atoms with Gasteiger partial charge in [0.1, 0.15) is 0 Å². The van der Waals surface area contributed by atoms with E-state index in [9.17, 15) is 5.26 Å². The second-order valence-corrected chi connectivity index (χ2v) is 11.1. The minimum Gasteiger partial charge on any atom is -0.308 e. The second-order valence-electron chi connectivity index (χ2n) is 11.1. The van der Waals surface area contributed by atoms with Crippen LogP contribution in [0.1, 0.15) is 5.56 Å². The van der Waals surface area contributed by atoms with Crippen LogP contribution in [0, 0.1) is 17.9 Å². The van der Waals surface area contributed by atoms with Crippen LogP contribution in [0.5, 0.6) is 0 Å². The van der Waals surface area contributed by atoms with Crippen molar-refractivity contribution in [2.75, 3.05) is 0 Å². The fourth-order valence-corrected chi connectivity index (χ4v) is 7.10. The van der Waals surface area contributed by atoms with Crippen molar-refractivity contribution in [1.82, 2.24) is 9.13 Å². The summed E-state index contributed by atoms with van der Waals surface area (Å²) in [5, 5.41) is 19.6. The average Bonchev–Trinajstić information content (AvgIpc) is 3.61. The molecule has 2 heterocycles. The SMILES string of the molecule is [C-]#[N+]c1cc(-n2c3ccccc3c3c4ccccc4ccc32)c(-n2c3ccccc3c3c4ccccc4ccc32)cc1C#N. The van der Waals surface area contributed by atoms with Crippen LogP contribution in [0.15, 0.2) is 133 Å². The molecule has 44 heavy (non-hydrogen) atoms. The molecule has 7 aromatic carbocycles. The van der Waals surface area contributed by atoms with Crippen molar-refractivity contribution < 1.29 is 0 Å². The standard InChI is InChI=1S/C40H22N4/c1-42-32-23-38(44-34-17-9-7-15-31(34)40-29-13-5-3-11-26(29)19-21-36(40)44)37(22-27(32)24-41)43-33-16-8-6-14-30(33)39-28-12-4-2-10-25(28)18-20-35(39)43/h2-23H. The summed E-state index contributed by atoms with van der Waals surface area (Å²) in [5.41, 5.74) is 6.60. The van der Waals surface area contributed by atoms with Crippen molar-refractivity contribution in [3.63, 3.8) is 0 Å². The number of fused-ring (bicyclic) bond motifs is 10. The molecular weight excluding hydrogens is 536 g/mol. The molecule has 4 nitrogen and oxygen atoms in total.